The lowest BCUT2D eigenvalue weighted by molar-refractivity contribution is -0.153. The van der Waals surface area contributed by atoms with E-state index >= 15 is 0 Å². The van der Waals surface area contributed by atoms with Gasteiger partial charge in [0.05, 0.1) is 11.2 Å². The van der Waals surface area contributed by atoms with Gasteiger partial charge < -0.3 is 14.4 Å². The third kappa shape index (κ3) is 3.60. The van der Waals surface area contributed by atoms with Gasteiger partial charge in [0, 0.05) is 12.6 Å². The minimum absolute atomic E-state index is 0.0928. The third-order valence-electron chi connectivity index (χ3n) is 4.22. The number of carbonyl (C=O) groups is 1. The van der Waals surface area contributed by atoms with Crippen molar-refractivity contribution in [2.24, 2.45) is 7.05 Å². The lowest BCUT2D eigenvalue weighted by atomic mass is 10.0. The molecule has 0 saturated carbocycles. The van der Waals surface area contributed by atoms with Gasteiger partial charge in [0.2, 0.25) is 0 Å². The van der Waals surface area contributed by atoms with Gasteiger partial charge in [-0.25, -0.2) is 9.78 Å². The molecule has 0 unspecified atom stereocenters. The Morgan fingerprint density at radius 3 is 2.48 bits per heavy atom. The van der Waals surface area contributed by atoms with Gasteiger partial charge in [-0.3, -0.25) is 0 Å². The van der Waals surface area contributed by atoms with Crippen molar-refractivity contribution in [2.75, 3.05) is 6.61 Å². The van der Waals surface area contributed by atoms with Crippen LogP contribution in [0.4, 0.5) is 13.2 Å². The summed E-state index contributed by atoms with van der Waals surface area (Å²) >= 11 is 0. The lowest BCUT2D eigenvalue weighted by Crippen LogP contribution is -2.20. The molecule has 0 saturated heterocycles. The predicted molar refractivity (Wildman–Crippen MR) is 94.0 cm³/mol. The smallest absolute Gasteiger partial charge is 0.422 e. The Morgan fingerprint density at radius 2 is 1.93 bits per heavy atom. The number of ether oxygens (including phenoxy) is 1. The molecule has 3 rings (SSSR count). The van der Waals surface area contributed by atoms with Crippen molar-refractivity contribution < 1.29 is 27.8 Å². The number of fused-ring (bicyclic) bond motifs is 1. The number of benzene rings is 1. The van der Waals surface area contributed by atoms with Gasteiger partial charge in [0.15, 0.2) is 18.1 Å². The Labute approximate surface area is 153 Å². The molecule has 0 aliphatic rings. The van der Waals surface area contributed by atoms with Crippen molar-refractivity contribution in [1.82, 2.24) is 9.55 Å². The Kier molecular flexibility index (Phi) is 4.82. The Balaban J connectivity index is 2.28. The number of carboxylic acid groups (broad SMARTS) is 1. The van der Waals surface area contributed by atoms with Crippen molar-refractivity contribution in [3.8, 4) is 17.0 Å². The third-order valence-corrected chi connectivity index (χ3v) is 4.22. The zero-order valence-electron chi connectivity index (χ0n) is 14.7. The van der Waals surface area contributed by atoms with Crippen LogP contribution in [0.3, 0.4) is 0 Å². The molecule has 3 aromatic rings. The fourth-order valence-corrected chi connectivity index (χ4v) is 3.00. The van der Waals surface area contributed by atoms with E-state index in [1.54, 1.807) is 6.07 Å². The standard InChI is InChI=1S/C19H17F3N2O3/c1-3-11-9-13-15(23-14(11)12-7-5-4-6-8-12)17(27-10-19(20,21)22)16(18(25)26)24(13)2/h4-9H,3,10H2,1-2H3,(H,25,26). The quantitative estimate of drug-likeness (QED) is 0.713. The molecule has 0 bridgehead atoms. The second-order valence-electron chi connectivity index (χ2n) is 6.03. The number of carboxylic acids is 1. The second-order valence-corrected chi connectivity index (χ2v) is 6.03. The van der Waals surface area contributed by atoms with Crippen LogP contribution >= 0.6 is 0 Å². The molecule has 27 heavy (non-hydrogen) atoms. The number of hydrogen-bond donors (Lipinski definition) is 1. The Morgan fingerprint density at radius 1 is 1.26 bits per heavy atom. The molecule has 8 heteroatoms. The summed E-state index contributed by atoms with van der Waals surface area (Å²) in [4.78, 5) is 16.1. The van der Waals surface area contributed by atoms with Gasteiger partial charge in [0.1, 0.15) is 5.52 Å². The van der Waals surface area contributed by atoms with Crippen LogP contribution in [0.2, 0.25) is 0 Å². The van der Waals surface area contributed by atoms with E-state index in [4.69, 9.17) is 4.74 Å². The van der Waals surface area contributed by atoms with Crippen molar-refractivity contribution in [3.05, 3.63) is 47.7 Å². The van der Waals surface area contributed by atoms with Crippen molar-refractivity contribution in [3.63, 3.8) is 0 Å². The largest absolute Gasteiger partial charge is 0.479 e. The van der Waals surface area contributed by atoms with Crippen LogP contribution in [0.25, 0.3) is 22.3 Å². The summed E-state index contributed by atoms with van der Waals surface area (Å²) in [6, 6.07) is 10.9. The highest BCUT2D eigenvalue weighted by Crippen LogP contribution is 2.36. The summed E-state index contributed by atoms with van der Waals surface area (Å²) in [7, 11) is 1.47. The van der Waals surface area contributed by atoms with E-state index in [9.17, 15) is 23.1 Å². The summed E-state index contributed by atoms with van der Waals surface area (Å²) in [5, 5.41) is 9.48. The zero-order chi connectivity index (χ0) is 19.8. The fourth-order valence-electron chi connectivity index (χ4n) is 3.00. The lowest BCUT2D eigenvalue weighted by Gasteiger charge is -2.10. The number of nitrogens with zero attached hydrogens (tertiary/aromatic N) is 2. The molecule has 1 aromatic carbocycles. The first-order chi connectivity index (χ1) is 12.7. The molecular weight excluding hydrogens is 361 g/mol. The number of hydrogen-bond acceptors (Lipinski definition) is 3. The second kappa shape index (κ2) is 6.94. The summed E-state index contributed by atoms with van der Waals surface area (Å²) in [5.74, 6) is -1.76. The molecule has 2 heterocycles. The highest BCUT2D eigenvalue weighted by Gasteiger charge is 2.32. The fraction of sp³-hybridized carbons (Fsp3) is 0.263. The number of aryl methyl sites for hydroxylation is 2. The van der Waals surface area contributed by atoms with Gasteiger partial charge in [0.25, 0.3) is 0 Å². The summed E-state index contributed by atoms with van der Waals surface area (Å²) < 4.78 is 44.1. The van der Waals surface area contributed by atoms with E-state index in [1.807, 2.05) is 37.3 Å². The van der Waals surface area contributed by atoms with Gasteiger partial charge in [-0.1, -0.05) is 37.3 Å². The summed E-state index contributed by atoms with van der Waals surface area (Å²) in [6.45, 7) is 0.335. The van der Waals surface area contributed by atoms with Crippen molar-refractivity contribution in [1.29, 1.82) is 0 Å². The number of aromatic nitrogens is 2. The first kappa shape index (κ1) is 18.8. The number of aromatic carboxylic acids is 1. The molecule has 2 aromatic heterocycles. The molecule has 0 aliphatic carbocycles. The highest BCUT2D eigenvalue weighted by atomic mass is 19.4. The van der Waals surface area contributed by atoms with Gasteiger partial charge in [-0.2, -0.15) is 13.2 Å². The molecule has 5 nitrogen and oxygen atoms in total. The molecule has 0 amide bonds. The molecule has 142 valence electrons. The Hall–Kier alpha value is -3.03. The number of halogens is 3. The molecule has 1 N–H and O–H groups in total. The minimum Gasteiger partial charge on any atom is -0.479 e. The summed E-state index contributed by atoms with van der Waals surface area (Å²) in [5.41, 5.74) is 2.36. The average Bonchev–Trinajstić information content (AvgIpc) is 2.90. The normalized spacial score (nSPS) is 11.7. The van der Waals surface area contributed by atoms with E-state index in [1.165, 1.54) is 11.6 Å². The van der Waals surface area contributed by atoms with Gasteiger partial charge >= 0.3 is 12.1 Å². The SMILES string of the molecule is CCc1cc2c(nc1-c1ccccc1)c(OCC(F)(F)F)c(C(=O)O)n2C. The van der Waals surface area contributed by atoms with Crippen LogP contribution in [0.15, 0.2) is 36.4 Å². The van der Waals surface area contributed by atoms with Crippen LogP contribution in [-0.2, 0) is 13.5 Å². The van der Waals surface area contributed by atoms with E-state index < -0.39 is 18.8 Å². The molecule has 0 aliphatic heterocycles. The minimum atomic E-state index is -4.59. The first-order valence-corrected chi connectivity index (χ1v) is 8.23. The van der Waals surface area contributed by atoms with Crippen LogP contribution in [0, 0.1) is 0 Å². The average molecular weight is 378 g/mol. The van der Waals surface area contributed by atoms with Crippen LogP contribution < -0.4 is 4.74 Å². The van der Waals surface area contributed by atoms with Crippen LogP contribution in [0.1, 0.15) is 23.0 Å². The van der Waals surface area contributed by atoms with E-state index in [-0.39, 0.29) is 17.0 Å². The predicted octanol–water partition coefficient (Wildman–Crippen LogP) is 4.44. The molecule has 0 radical (unpaired) electrons. The monoisotopic (exact) mass is 378 g/mol. The zero-order valence-corrected chi connectivity index (χ0v) is 14.7. The number of alkyl halides is 3. The molecule has 0 atom stereocenters. The van der Waals surface area contributed by atoms with E-state index in [0.29, 0.717) is 17.6 Å². The van der Waals surface area contributed by atoms with E-state index in [0.717, 1.165) is 11.1 Å². The van der Waals surface area contributed by atoms with Crippen molar-refractivity contribution >= 4 is 17.0 Å². The van der Waals surface area contributed by atoms with Gasteiger partial charge in [-0.05, 0) is 18.1 Å². The molecule has 0 fully saturated rings. The topological polar surface area (TPSA) is 64.3 Å². The Bertz CT molecular complexity index is 995. The maximum absolute atomic E-state index is 12.6. The van der Waals surface area contributed by atoms with Gasteiger partial charge in [-0.15, -0.1) is 0 Å². The maximum atomic E-state index is 12.6. The van der Waals surface area contributed by atoms with E-state index in [2.05, 4.69) is 4.98 Å². The summed E-state index contributed by atoms with van der Waals surface area (Å²) in [6.07, 6.45) is -3.97. The van der Waals surface area contributed by atoms with Crippen LogP contribution in [0.5, 0.6) is 5.75 Å². The molecular formula is C19H17F3N2O3. The molecule has 0 spiro atoms. The first-order valence-electron chi connectivity index (χ1n) is 8.23. The number of rotatable bonds is 5. The number of pyridine rings is 1. The highest BCUT2D eigenvalue weighted by molar-refractivity contribution is 6.00. The van der Waals surface area contributed by atoms with Crippen molar-refractivity contribution in [2.45, 2.75) is 19.5 Å². The van der Waals surface area contributed by atoms with Crippen LogP contribution in [-0.4, -0.2) is 33.4 Å². The maximum Gasteiger partial charge on any atom is 0.422 e.